The molecule has 0 aliphatic rings. The minimum atomic E-state index is -0.0890. The summed E-state index contributed by atoms with van der Waals surface area (Å²) in [5.41, 5.74) is 1.81. The fraction of sp³-hybridized carbons (Fsp3) is 0.294. The fourth-order valence-electron chi connectivity index (χ4n) is 2.13. The molecule has 0 aliphatic heterocycles. The molecular formula is C17H20N2O2. The van der Waals surface area contributed by atoms with E-state index in [0.717, 1.165) is 19.3 Å². The van der Waals surface area contributed by atoms with Crippen LogP contribution in [0.25, 0.3) is 0 Å². The van der Waals surface area contributed by atoms with Crippen LogP contribution in [0.5, 0.6) is 5.75 Å². The number of carbonyl (C=O) groups excluding carboxylic acids is 1. The molecule has 0 radical (unpaired) electrons. The molecule has 2 aromatic rings. The average molecular weight is 284 g/mol. The molecule has 1 heterocycles. The Kier molecular flexibility index (Phi) is 5.76. The predicted octanol–water partition coefficient (Wildman–Crippen LogP) is 2.84. The third kappa shape index (κ3) is 4.60. The van der Waals surface area contributed by atoms with Gasteiger partial charge in [-0.25, -0.2) is 0 Å². The van der Waals surface area contributed by atoms with Crippen molar-refractivity contribution in [2.75, 3.05) is 13.7 Å². The number of amides is 1. The van der Waals surface area contributed by atoms with Gasteiger partial charge in [-0.05, 0) is 43.0 Å². The zero-order valence-electron chi connectivity index (χ0n) is 12.2. The zero-order valence-corrected chi connectivity index (χ0v) is 12.2. The van der Waals surface area contributed by atoms with Gasteiger partial charge in [0.2, 0.25) is 0 Å². The minimum absolute atomic E-state index is 0.0890. The molecule has 0 spiro atoms. The molecule has 1 amide bonds. The van der Waals surface area contributed by atoms with Crippen molar-refractivity contribution >= 4 is 5.91 Å². The standard InChI is InChI=1S/C17H20N2O2/c1-21-16-10-3-2-9-15(16)17(20)19-12-5-4-7-14-8-6-11-18-13-14/h2-3,6,8-11,13H,4-5,7,12H2,1H3,(H,19,20). The maximum atomic E-state index is 12.1. The van der Waals surface area contributed by atoms with Crippen molar-refractivity contribution in [3.05, 3.63) is 59.9 Å². The number of pyridine rings is 1. The van der Waals surface area contributed by atoms with E-state index in [1.54, 1.807) is 25.4 Å². The van der Waals surface area contributed by atoms with Gasteiger partial charge in [0, 0.05) is 18.9 Å². The summed E-state index contributed by atoms with van der Waals surface area (Å²) in [5.74, 6) is 0.513. The summed E-state index contributed by atoms with van der Waals surface area (Å²) in [6, 6.07) is 11.3. The summed E-state index contributed by atoms with van der Waals surface area (Å²) >= 11 is 0. The van der Waals surface area contributed by atoms with Gasteiger partial charge in [-0.3, -0.25) is 9.78 Å². The molecule has 2 rings (SSSR count). The van der Waals surface area contributed by atoms with Gasteiger partial charge in [-0.2, -0.15) is 0 Å². The molecule has 4 heteroatoms. The maximum absolute atomic E-state index is 12.1. The number of para-hydroxylation sites is 1. The van der Waals surface area contributed by atoms with E-state index in [4.69, 9.17) is 4.74 Å². The highest BCUT2D eigenvalue weighted by Crippen LogP contribution is 2.16. The van der Waals surface area contributed by atoms with Crippen molar-refractivity contribution in [1.29, 1.82) is 0 Å². The van der Waals surface area contributed by atoms with Crippen molar-refractivity contribution in [3.63, 3.8) is 0 Å². The SMILES string of the molecule is COc1ccccc1C(=O)NCCCCc1cccnc1. The minimum Gasteiger partial charge on any atom is -0.496 e. The summed E-state index contributed by atoms with van der Waals surface area (Å²) in [6.07, 6.45) is 6.61. The molecule has 0 bridgehead atoms. The molecular weight excluding hydrogens is 264 g/mol. The summed E-state index contributed by atoms with van der Waals surface area (Å²) < 4.78 is 5.18. The smallest absolute Gasteiger partial charge is 0.255 e. The molecule has 1 aromatic heterocycles. The largest absolute Gasteiger partial charge is 0.496 e. The highest BCUT2D eigenvalue weighted by Gasteiger charge is 2.10. The molecule has 0 saturated heterocycles. The first-order chi connectivity index (χ1) is 10.3. The molecule has 0 aliphatic carbocycles. The van der Waals surface area contributed by atoms with Crippen molar-refractivity contribution in [3.8, 4) is 5.75 Å². The van der Waals surface area contributed by atoms with Crippen LogP contribution in [0.15, 0.2) is 48.8 Å². The van der Waals surface area contributed by atoms with E-state index in [0.29, 0.717) is 17.9 Å². The first-order valence-corrected chi connectivity index (χ1v) is 7.11. The average Bonchev–Trinajstić information content (AvgIpc) is 2.55. The Hall–Kier alpha value is -2.36. The molecule has 110 valence electrons. The molecule has 1 aromatic carbocycles. The number of ether oxygens (including phenoxy) is 1. The number of hydrogen-bond acceptors (Lipinski definition) is 3. The Balaban J connectivity index is 1.72. The number of unbranched alkanes of at least 4 members (excludes halogenated alkanes) is 1. The number of hydrogen-bond donors (Lipinski definition) is 1. The van der Waals surface area contributed by atoms with Gasteiger partial charge in [0.25, 0.3) is 5.91 Å². The quantitative estimate of drug-likeness (QED) is 0.795. The van der Waals surface area contributed by atoms with Crippen molar-refractivity contribution in [1.82, 2.24) is 10.3 Å². The van der Waals surface area contributed by atoms with Crippen LogP contribution in [0.2, 0.25) is 0 Å². The van der Waals surface area contributed by atoms with Gasteiger partial charge in [-0.15, -0.1) is 0 Å². The van der Waals surface area contributed by atoms with Gasteiger partial charge < -0.3 is 10.1 Å². The molecule has 21 heavy (non-hydrogen) atoms. The van der Waals surface area contributed by atoms with E-state index in [1.165, 1.54) is 5.56 Å². The van der Waals surface area contributed by atoms with Crippen LogP contribution in [-0.4, -0.2) is 24.5 Å². The summed E-state index contributed by atoms with van der Waals surface area (Å²) in [6.45, 7) is 0.664. The Bertz CT molecular complexity index is 570. The van der Waals surface area contributed by atoms with E-state index in [2.05, 4.69) is 16.4 Å². The monoisotopic (exact) mass is 284 g/mol. The Morgan fingerprint density at radius 1 is 1.19 bits per heavy atom. The molecule has 0 saturated carbocycles. The maximum Gasteiger partial charge on any atom is 0.255 e. The fourth-order valence-corrected chi connectivity index (χ4v) is 2.13. The van der Waals surface area contributed by atoms with Gasteiger partial charge in [-0.1, -0.05) is 18.2 Å². The van der Waals surface area contributed by atoms with Crippen LogP contribution in [0.3, 0.4) is 0 Å². The second-order valence-corrected chi connectivity index (χ2v) is 4.77. The number of carbonyl (C=O) groups is 1. The van der Waals surface area contributed by atoms with E-state index < -0.39 is 0 Å². The highest BCUT2D eigenvalue weighted by atomic mass is 16.5. The normalized spacial score (nSPS) is 10.1. The lowest BCUT2D eigenvalue weighted by molar-refractivity contribution is 0.0950. The number of rotatable bonds is 7. The van der Waals surface area contributed by atoms with Crippen LogP contribution in [-0.2, 0) is 6.42 Å². The van der Waals surface area contributed by atoms with E-state index in [9.17, 15) is 4.79 Å². The van der Waals surface area contributed by atoms with Crippen molar-refractivity contribution in [2.24, 2.45) is 0 Å². The number of methoxy groups -OCH3 is 1. The summed E-state index contributed by atoms with van der Waals surface area (Å²) in [5, 5.41) is 2.93. The molecule has 0 unspecified atom stereocenters. The molecule has 0 fully saturated rings. The van der Waals surface area contributed by atoms with Crippen LogP contribution >= 0.6 is 0 Å². The van der Waals surface area contributed by atoms with Gasteiger partial charge >= 0.3 is 0 Å². The Morgan fingerprint density at radius 2 is 2.05 bits per heavy atom. The van der Waals surface area contributed by atoms with Crippen molar-refractivity contribution in [2.45, 2.75) is 19.3 Å². The third-order valence-electron chi connectivity index (χ3n) is 3.25. The lowest BCUT2D eigenvalue weighted by Crippen LogP contribution is -2.24. The van der Waals surface area contributed by atoms with Gasteiger partial charge in [0.15, 0.2) is 0 Å². The number of nitrogens with zero attached hydrogens (tertiary/aromatic N) is 1. The van der Waals surface area contributed by atoms with Crippen LogP contribution in [0, 0.1) is 0 Å². The second-order valence-electron chi connectivity index (χ2n) is 4.77. The number of benzene rings is 1. The molecule has 4 nitrogen and oxygen atoms in total. The third-order valence-corrected chi connectivity index (χ3v) is 3.25. The highest BCUT2D eigenvalue weighted by molar-refractivity contribution is 5.96. The van der Waals surface area contributed by atoms with Gasteiger partial charge in [0.1, 0.15) is 5.75 Å². The van der Waals surface area contributed by atoms with Crippen LogP contribution in [0.4, 0.5) is 0 Å². The summed E-state index contributed by atoms with van der Waals surface area (Å²) in [4.78, 5) is 16.1. The topological polar surface area (TPSA) is 51.2 Å². The van der Waals surface area contributed by atoms with Crippen molar-refractivity contribution < 1.29 is 9.53 Å². The number of aryl methyl sites for hydroxylation is 1. The Morgan fingerprint density at radius 3 is 2.81 bits per heavy atom. The Labute approximate surface area is 125 Å². The number of aromatic nitrogens is 1. The lowest BCUT2D eigenvalue weighted by Gasteiger charge is -2.09. The van der Waals surface area contributed by atoms with E-state index in [1.807, 2.05) is 24.4 Å². The summed E-state index contributed by atoms with van der Waals surface area (Å²) in [7, 11) is 1.57. The number of nitrogens with one attached hydrogen (secondary N) is 1. The second kappa shape index (κ2) is 8.04. The van der Waals surface area contributed by atoms with Gasteiger partial charge in [0.05, 0.1) is 12.7 Å². The lowest BCUT2D eigenvalue weighted by atomic mass is 10.1. The van der Waals surface area contributed by atoms with E-state index in [-0.39, 0.29) is 5.91 Å². The van der Waals surface area contributed by atoms with E-state index >= 15 is 0 Å². The van der Waals surface area contributed by atoms with Crippen LogP contribution in [0.1, 0.15) is 28.8 Å². The first kappa shape index (κ1) is 15.0. The molecule has 0 atom stereocenters. The predicted molar refractivity (Wildman–Crippen MR) is 82.5 cm³/mol. The van der Waals surface area contributed by atoms with Crippen LogP contribution < -0.4 is 10.1 Å². The zero-order chi connectivity index (χ0) is 14.9. The molecule has 1 N–H and O–H groups in total. The first-order valence-electron chi connectivity index (χ1n) is 7.11.